The summed E-state index contributed by atoms with van der Waals surface area (Å²) < 4.78 is 37.1. The Hall–Kier alpha value is -2.12. The van der Waals surface area contributed by atoms with E-state index in [1.807, 2.05) is 0 Å². The topological polar surface area (TPSA) is 70.5 Å². The fourth-order valence-corrected chi connectivity index (χ4v) is 1.47. The lowest BCUT2D eigenvalue weighted by Gasteiger charge is -2.24. The van der Waals surface area contributed by atoms with Gasteiger partial charge in [0.25, 0.3) is 5.91 Å². The molecule has 1 N–H and O–H groups in total. The van der Waals surface area contributed by atoms with Crippen molar-refractivity contribution in [2.45, 2.75) is 26.1 Å². The molecule has 20 heavy (non-hydrogen) atoms. The number of aliphatic carboxylic acids is 1. The lowest BCUT2D eigenvalue weighted by atomic mass is 10.2. The molecule has 0 aliphatic carbocycles. The summed E-state index contributed by atoms with van der Waals surface area (Å²) in [6.07, 6.45) is -3.99. The molecular weight excluding hydrogens is 277 g/mol. The number of carboxylic acid groups (broad SMARTS) is 1. The predicted octanol–water partition coefficient (Wildman–Crippen LogP) is 2.04. The number of halogens is 3. The molecule has 8 heteroatoms. The van der Waals surface area contributed by atoms with Gasteiger partial charge in [0.15, 0.2) is 0 Å². The molecule has 0 radical (unpaired) electrons. The van der Waals surface area contributed by atoms with E-state index in [0.717, 1.165) is 17.0 Å². The van der Waals surface area contributed by atoms with E-state index < -0.39 is 36.2 Å². The Kier molecular flexibility index (Phi) is 4.69. The summed E-state index contributed by atoms with van der Waals surface area (Å²) in [5.74, 6) is -1.94. The maximum Gasteiger partial charge on any atom is 0.417 e. The van der Waals surface area contributed by atoms with Gasteiger partial charge in [-0.25, -0.2) is 0 Å². The van der Waals surface area contributed by atoms with Gasteiger partial charge in [0.1, 0.15) is 12.2 Å². The fraction of sp³-hybridized carbons (Fsp3) is 0.417. The average Bonchev–Trinajstić information content (AvgIpc) is 2.33. The first kappa shape index (κ1) is 15.9. The second-order valence-corrected chi connectivity index (χ2v) is 4.35. The molecule has 110 valence electrons. The zero-order valence-electron chi connectivity index (χ0n) is 10.8. The molecule has 0 atom stereocenters. The number of amides is 1. The third-order valence-corrected chi connectivity index (χ3v) is 2.50. The summed E-state index contributed by atoms with van der Waals surface area (Å²) in [6, 6.07) is 1.25. The Morgan fingerprint density at radius 2 is 1.95 bits per heavy atom. The number of carboxylic acids is 1. The van der Waals surface area contributed by atoms with Crippen LogP contribution in [0.2, 0.25) is 0 Å². The molecule has 0 aliphatic rings. The van der Waals surface area contributed by atoms with Crippen molar-refractivity contribution in [1.29, 1.82) is 0 Å². The molecule has 0 bridgehead atoms. The lowest BCUT2D eigenvalue weighted by Crippen LogP contribution is -2.41. The highest BCUT2D eigenvalue weighted by molar-refractivity contribution is 5.94. The van der Waals surface area contributed by atoms with E-state index in [2.05, 4.69) is 4.98 Å². The molecule has 0 unspecified atom stereocenters. The van der Waals surface area contributed by atoms with Crippen LogP contribution in [0, 0.1) is 0 Å². The monoisotopic (exact) mass is 290 g/mol. The summed E-state index contributed by atoms with van der Waals surface area (Å²) in [4.78, 5) is 27.1. The smallest absolute Gasteiger partial charge is 0.417 e. The van der Waals surface area contributed by atoms with E-state index >= 15 is 0 Å². The van der Waals surface area contributed by atoms with Gasteiger partial charge in [-0.15, -0.1) is 0 Å². The zero-order chi connectivity index (χ0) is 15.5. The quantitative estimate of drug-likeness (QED) is 0.921. The van der Waals surface area contributed by atoms with E-state index in [0.29, 0.717) is 6.20 Å². The van der Waals surface area contributed by atoms with Crippen molar-refractivity contribution in [3.8, 4) is 0 Å². The highest BCUT2D eigenvalue weighted by Gasteiger charge is 2.31. The van der Waals surface area contributed by atoms with Gasteiger partial charge in [-0.1, -0.05) is 0 Å². The SMILES string of the molecule is CC(C)N(CC(=O)O)C(=O)c1ccc(C(F)(F)F)cn1. The molecule has 0 fully saturated rings. The number of rotatable bonds is 4. The lowest BCUT2D eigenvalue weighted by molar-refractivity contribution is -0.138. The first-order chi connectivity index (χ1) is 9.12. The Morgan fingerprint density at radius 1 is 1.35 bits per heavy atom. The third kappa shape index (κ3) is 3.94. The number of nitrogens with zero attached hydrogens (tertiary/aromatic N) is 2. The third-order valence-electron chi connectivity index (χ3n) is 2.50. The van der Waals surface area contributed by atoms with Crippen LogP contribution in [0.15, 0.2) is 18.3 Å². The molecular formula is C12H13F3N2O3. The van der Waals surface area contributed by atoms with Gasteiger partial charge in [0, 0.05) is 12.2 Å². The first-order valence-corrected chi connectivity index (χ1v) is 5.69. The Bertz CT molecular complexity index is 498. The average molecular weight is 290 g/mol. The Balaban J connectivity index is 2.98. The normalized spacial score (nSPS) is 11.5. The van der Waals surface area contributed by atoms with Crippen LogP contribution in [0.5, 0.6) is 0 Å². The Morgan fingerprint density at radius 3 is 2.30 bits per heavy atom. The summed E-state index contributed by atoms with van der Waals surface area (Å²) in [6.45, 7) is 2.66. The van der Waals surface area contributed by atoms with E-state index in [9.17, 15) is 22.8 Å². The van der Waals surface area contributed by atoms with Crippen molar-refractivity contribution >= 4 is 11.9 Å². The van der Waals surface area contributed by atoms with Gasteiger partial charge < -0.3 is 10.0 Å². The van der Waals surface area contributed by atoms with Crippen LogP contribution in [0.4, 0.5) is 13.2 Å². The zero-order valence-corrected chi connectivity index (χ0v) is 10.8. The van der Waals surface area contributed by atoms with Gasteiger partial charge >= 0.3 is 12.1 Å². The van der Waals surface area contributed by atoms with Crippen LogP contribution < -0.4 is 0 Å². The standard InChI is InChI=1S/C12H13F3N2O3/c1-7(2)17(6-10(18)19)11(20)9-4-3-8(5-16-9)12(13,14)15/h3-5,7H,6H2,1-2H3,(H,18,19). The molecule has 1 rings (SSSR count). The summed E-state index contributed by atoms with van der Waals surface area (Å²) in [5.41, 5.74) is -1.20. The van der Waals surface area contributed by atoms with Crippen LogP contribution in [-0.4, -0.2) is 39.5 Å². The minimum atomic E-state index is -4.53. The van der Waals surface area contributed by atoms with Crippen LogP contribution in [-0.2, 0) is 11.0 Å². The fourth-order valence-electron chi connectivity index (χ4n) is 1.47. The maximum atomic E-state index is 12.4. The largest absolute Gasteiger partial charge is 0.480 e. The van der Waals surface area contributed by atoms with Crippen LogP contribution >= 0.6 is 0 Å². The number of carbonyl (C=O) groups is 2. The number of hydrogen-bond donors (Lipinski definition) is 1. The molecule has 1 amide bonds. The molecule has 1 aromatic heterocycles. The maximum absolute atomic E-state index is 12.4. The van der Waals surface area contributed by atoms with Crippen molar-refractivity contribution in [2.24, 2.45) is 0 Å². The van der Waals surface area contributed by atoms with Gasteiger partial charge in [-0.05, 0) is 26.0 Å². The minimum absolute atomic E-state index is 0.229. The highest BCUT2D eigenvalue weighted by Crippen LogP contribution is 2.28. The van der Waals surface area contributed by atoms with Gasteiger partial charge in [-0.3, -0.25) is 14.6 Å². The molecule has 0 aromatic carbocycles. The Labute approximate surface area is 113 Å². The highest BCUT2D eigenvalue weighted by atomic mass is 19.4. The second-order valence-electron chi connectivity index (χ2n) is 4.35. The molecule has 0 saturated heterocycles. The molecule has 0 aliphatic heterocycles. The van der Waals surface area contributed by atoms with Crippen molar-refractivity contribution in [3.63, 3.8) is 0 Å². The first-order valence-electron chi connectivity index (χ1n) is 5.69. The number of pyridine rings is 1. The number of hydrogen-bond acceptors (Lipinski definition) is 3. The van der Waals surface area contributed by atoms with E-state index in [1.165, 1.54) is 0 Å². The number of aromatic nitrogens is 1. The van der Waals surface area contributed by atoms with Crippen molar-refractivity contribution in [1.82, 2.24) is 9.88 Å². The van der Waals surface area contributed by atoms with Crippen molar-refractivity contribution in [2.75, 3.05) is 6.54 Å². The summed E-state index contributed by atoms with van der Waals surface area (Å²) >= 11 is 0. The molecule has 5 nitrogen and oxygen atoms in total. The van der Waals surface area contributed by atoms with Crippen LogP contribution in [0.1, 0.15) is 29.9 Å². The molecule has 0 spiro atoms. The van der Waals surface area contributed by atoms with Gasteiger partial charge in [0.05, 0.1) is 5.56 Å². The second kappa shape index (κ2) is 5.89. The molecule has 1 heterocycles. The predicted molar refractivity (Wildman–Crippen MR) is 63.0 cm³/mol. The van der Waals surface area contributed by atoms with Crippen LogP contribution in [0.3, 0.4) is 0 Å². The number of carbonyl (C=O) groups excluding carboxylic acids is 1. The summed E-state index contributed by atoms with van der Waals surface area (Å²) in [5, 5.41) is 8.72. The van der Waals surface area contributed by atoms with Gasteiger partial charge in [0.2, 0.25) is 0 Å². The minimum Gasteiger partial charge on any atom is -0.480 e. The van der Waals surface area contributed by atoms with Crippen molar-refractivity contribution in [3.05, 3.63) is 29.6 Å². The number of alkyl halides is 3. The van der Waals surface area contributed by atoms with E-state index in [4.69, 9.17) is 5.11 Å². The van der Waals surface area contributed by atoms with E-state index in [-0.39, 0.29) is 5.69 Å². The molecule has 1 aromatic rings. The van der Waals surface area contributed by atoms with E-state index in [1.54, 1.807) is 13.8 Å². The van der Waals surface area contributed by atoms with Crippen molar-refractivity contribution < 1.29 is 27.9 Å². The summed E-state index contributed by atoms with van der Waals surface area (Å²) in [7, 11) is 0. The van der Waals surface area contributed by atoms with Crippen LogP contribution in [0.25, 0.3) is 0 Å². The molecule has 0 saturated carbocycles. The van der Waals surface area contributed by atoms with Gasteiger partial charge in [-0.2, -0.15) is 13.2 Å².